The van der Waals surface area contributed by atoms with Crippen LogP contribution in [0, 0.1) is 6.92 Å². The lowest BCUT2D eigenvalue weighted by Gasteiger charge is -2.22. The van der Waals surface area contributed by atoms with Gasteiger partial charge in [0.15, 0.2) is 5.82 Å². The van der Waals surface area contributed by atoms with Crippen LogP contribution in [0.2, 0.25) is 0 Å². The second kappa shape index (κ2) is 8.86. The molecule has 0 radical (unpaired) electrons. The van der Waals surface area contributed by atoms with Gasteiger partial charge in [0.1, 0.15) is 5.69 Å². The number of aromatic nitrogens is 4. The standard InChI is InChI=1S/C32H29N5/c1-21-28(18-14-22-13-15-23-9-5-7-11-25(23)19-22)33-31-34-29(30(37(31)36-21)35-32(2,3)4)27-17-16-24-10-6-8-12-26(24)20-27/h5-20,35H,1-4H3/b18-14+. The summed E-state index contributed by atoms with van der Waals surface area (Å²) in [7, 11) is 0. The normalized spacial score (nSPS) is 12.2. The zero-order valence-electron chi connectivity index (χ0n) is 21.5. The van der Waals surface area contributed by atoms with Crippen LogP contribution < -0.4 is 5.32 Å². The minimum atomic E-state index is -0.175. The summed E-state index contributed by atoms with van der Waals surface area (Å²) >= 11 is 0. The van der Waals surface area contributed by atoms with Crippen molar-refractivity contribution in [2.24, 2.45) is 0 Å². The van der Waals surface area contributed by atoms with E-state index in [1.807, 2.05) is 17.5 Å². The summed E-state index contributed by atoms with van der Waals surface area (Å²) in [5.41, 5.74) is 4.46. The number of hydrogen-bond donors (Lipinski definition) is 1. The maximum absolute atomic E-state index is 4.96. The van der Waals surface area contributed by atoms with Gasteiger partial charge in [0.25, 0.3) is 5.78 Å². The molecule has 2 aromatic heterocycles. The van der Waals surface area contributed by atoms with E-state index in [1.165, 1.54) is 21.5 Å². The number of anilines is 1. The molecule has 0 aliphatic carbocycles. The summed E-state index contributed by atoms with van der Waals surface area (Å²) in [5.74, 6) is 1.41. The Bertz CT molecular complexity index is 1800. The summed E-state index contributed by atoms with van der Waals surface area (Å²) in [6.07, 6.45) is 4.11. The van der Waals surface area contributed by atoms with Crippen molar-refractivity contribution >= 4 is 45.3 Å². The van der Waals surface area contributed by atoms with Crippen molar-refractivity contribution in [3.05, 3.63) is 102 Å². The molecule has 6 aromatic rings. The largest absolute Gasteiger partial charge is 0.363 e. The van der Waals surface area contributed by atoms with Crippen molar-refractivity contribution in [2.45, 2.75) is 33.2 Å². The molecule has 0 bridgehead atoms. The van der Waals surface area contributed by atoms with Gasteiger partial charge in [-0.1, -0.05) is 78.9 Å². The number of nitrogens with zero attached hydrogens (tertiary/aromatic N) is 4. The van der Waals surface area contributed by atoms with Crippen LogP contribution in [0.4, 0.5) is 5.82 Å². The first-order valence-electron chi connectivity index (χ1n) is 12.6. The summed E-state index contributed by atoms with van der Waals surface area (Å²) in [6.45, 7) is 8.40. The quantitative estimate of drug-likeness (QED) is 0.278. The monoisotopic (exact) mass is 483 g/mol. The lowest BCUT2D eigenvalue weighted by Crippen LogP contribution is -2.27. The Morgan fingerprint density at radius 1 is 0.730 bits per heavy atom. The fourth-order valence-electron chi connectivity index (χ4n) is 4.61. The molecule has 0 unspecified atom stereocenters. The van der Waals surface area contributed by atoms with E-state index in [9.17, 15) is 0 Å². The van der Waals surface area contributed by atoms with Gasteiger partial charge in [-0.15, -0.1) is 0 Å². The minimum Gasteiger partial charge on any atom is -0.363 e. The molecule has 0 spiro atoms. The van der Waals surface area contributed by atoms with Crippen LogP contribution in [0.5, 0.6) is 0 Å². The molecule has 0 saturated heterocycles. The average Bonchev–Trinajstić information content (AvgIpc) is 3.22. The highest BCUT2D eigenvalue weighted by atomic mass is 15.4. The highest BCUT2D eigenvalue weighted by Crippen LogP contribution is 2.32. The van der Waals surface area contributed by atoms with E-state index in [4.69, 9.17) is 15.1 Å². The molecule has 37 heavy (non-hydrogen) atoms. The third kappa shape index (κ3) is 4.56. The minimum absolute atomic E-state index is 0.175. The van der Waals surface area contributed by atoms with Crippen LogP contribution in [-0.4, -0.2) is 25.1 Å². The summed E-state index contributed by atoms with van der Waals surface area (Å²) in [4.78, 5) is 9.88. The molecule has 6 rings (SSSR count). The van der Waals surface area contributed by atoms with Crippen LogP contribution in [0.3, 0.4) is 0 Å². The number of fused-ring (bicyclic) bond motifs is 3. The first-order valence-corrected chi connectivity index (χ1v) is 12.6. The van der Waals surface area contributed by atoms with E-state index < -0.39 is 0 Å². The fourth-order valence-corrected chi connectivity index (χ4v) is 4.61. The first kappa shape index (κ1) is 22.9. The van der Waals surface area contributed by atoms with Gasteiger partial charge in [-0.25, -0.2) is 9.97 Å². The zero-order valence-corrected chi connectivity index (χ0v) is 21.5. The van der Waals surface area contributed by atoms with E-state index in [0.29, 0.717) is 5.78 Å². The van der Waals surface area contributed by atoms with Crippen molar-refractivity contribution in [1.29, 1.82) is 0 Å². The number of rotatable bonds is 4. The van der Waals surface area contributed by atoms with E-state index >= 15 is 0 Å². The molecule has 4 aromatic carbocycles. The molecule has 2 heterocycles. The highest BCUT2D eigenvalue weighted by molar-refractivity contribution is 5.89. The van der Waals surface area contributed by atoms with Crippen molar-refractivity contribution in [1.82, 2.24) is 19.6 Å². The van der Waals surface area contributed by atoms with Gasteiger partial charge in [0, 0.05) is 11.1 Å². The van der Waals surface area contributed by atoms with Crippen LogP contribution in [0.15, 0.2) is 84.9 Å². The highest BCUT2D eigenvalue weighted by Gasteiger charge is 2.22. The van der Waals surface area contributed by atoms with Crippen molar-refractivity contribution < 1.29 is 0 Å². The van der Waals surface area contributed by atoms with Gasteiger partial charge in [-0.05, 0) is 73.0 Å². The van der Waals surface area contributed by atoms with E-state index in [1.54, 1.807) is 0 Å². The summed E-state index contributed by atoms with van der Waals surface area (Å²) < 4.78 is 1.83. The Labute approximate surface area is 216 Å². The Morgan fingerprint density at radius 2 is 1.38 bits per heavy atom. The number of aryl methyl sites for hydroxylation is 1. The molecule has 0 saturated carbocycles. The Morgan fingerprint density at radius 3 is 2.08 bits per heavy atom. The predicted molar refractivity (Wildman–Crippen MR) is 155 cm³/mol. The van der Waals surface area contributed by atoms with Gasteiger partial charge in [-0.2, -0.15) is 9.61 Å². The molecule has 182 valence electrons. The topological polar surface area (TPSA) is 55.1 Å². The second-order valence-electron chi connectivity index (χ2n) is 10.5. The SMILES string of the molecule is Cc1nn2c(NC(C)(C)C)c(-c3ccc4ccccc4c3)nc2nc1/C=C/c1ccc2ccccc2c1. The average molecular weight is 484 g/mol. The van der Waals surface area contributed by atoms with Crippen molar-refractivity contribution in [2.75, 3.05) is 5.32 Å². The molecule has 0 aliphatic rings. The molecule has 1 N–H and O–H groups in total. The Hall–Kier alpha value is -4.51. The van der Waals surface area contributed by atoms with Crippen LogP contribution in [0.25, 0.3) is 50.7 Å². The Balaban J connectivity index is 1.45. The molecule has 0 amide bonds. The molecule has 5 nitrogen and oxygen atoms in total. The molecule has 5 heteroatoms. The van der Waals surface area contributed by atoms with E-state index in [2.05, 4.69) is 117 Å². The fraction of sp³-hybridized carbons (Fsp3) is 0.156. The van der Waals surface area contributed by atoms with Crippen LogP contribution in [-0.2, 0) is 0 Å². The molecule has 0 aliphatic heterocycles. The smallest absolute Gasteiger partial charge is 0.253 e. The lowest BCUT2D eigenvalue weighted by molar-refractivity contribution is 0.625. The molecular formula is C32H29N5. The number of imidazole rings is 1. The van der Waals surface area contributed by atoms with Gasteiger partial charge in [-0.3, -0.25) is 0 Å². The first-order chi connectivity index (χ1) is 17.8. The molecule has 0 fully saturated rings. The molecule has 0 atom stereocenters. The van der Waals surface area contributed by atoms with Gasteiger partial charge >= 0.3 is 0 Å². The van der Waals surface area contributed by atoms with E-state index in [-0.39, 0.29) is 5.54 Å². The molecular weight excluding hydrogens is 454 g/mol. The number of hydrogen-bond acceptors (Lipinski definition) is 4. The predicted octanol–water partition coefficient (Wildman–Crippen LogP) is 7.79. The summed E-state index contributed by atoms with van der Waals surface area (Å²) in [6, 6.07) is 29.6. The number of benzene rings is 4. The zero-order chi connectivity index (χ0) is 25.6. The second-order valence-corrected chi connectivity index (χ2v) is 10.5. The van der Waals surface area contributed by atoms with Gasteiger partial charge < -0.3 is 5.32 Å². The maximum atomic E-state index is 4.96. The third-order valence-corrected chi connectivity index (χ3v) is 6.40. The van der Waals surface area contributed by atoms with Gasteiger partial charge in [0.2, 0.25) is 0 Å². The van der Waals surface area contributed by atoms with Crippen LogP contribution in [0.1, 0.15) is 37.7 Å². The Kier molecular flexibility index (Phi) is 5.49. The van der Waals surface area contributed by atoms with Crippen molar-refractivity contribution in [3.8, 4) is 11.3 Å². The summed E-state index contributed by atoms with van der Waals surface area (Å²) in [5, 5.41) is 13.4. The maximum Gasteiger partial charge on any atom is 0.253 e. The van der Waals surface area contributed by atoms with Crippen LogP contribution >= 0.6 is 0 Å². The number of nitrogens with one attached hydrogen (secondary N) is 1. The van der Waals surface area contributed by atoms with Gasteiger partial charge in [0.05, 0.1) is 11.4 Å². The lowest BCUT2D eigenvalue weighted by atomic mass is 10.0. The third-order valence-electron chi connectivity index (χ3n) is 6.40. The van der Waals surface area contributed by atoms with E-state index in [0.717, 1.165) is 34.0 Å². The van der Waals surface area contributed by atoms with Crippen molar-refractivity contribution in [3.63, 3.8) is 0 Å².